The average molecular weight is 235 g/mol. The number of rotatable bonds is 2. The van der Waals surface area contributed by atoms with E-state index in [2.05, 4.69) is 5.32 Å². The topological polar surface area (TPSA) is 84.2 Å². The normalized spacial score (nSPS) is 10.8. The first-order chi connectivity index (χ1) is 7.86. The highest BCUT2D eigenvalue weighted by Crippen LogP contribution is 2.20. The van der Waals surface area contributed by atoms with E-state index in [4.69, 9.17) is 5.84 Å². The second kappa shape index (κ2) is 4.97. The molecule has 0 atom stereocenters. The third kappa shape index (κ3) is 3.29. The Balaban J connectivity index is 2.99. The third-order valence-electron chi connectivity index (χ3n) is 2.23. The summed E-state index contributed by atoms with van der Waals surface area (Å²) in [5, 5.41) is 2.71. The van der Waals surface area contributed by atoms with Crippen LogP contribution in [0.1, 0.15) is 31.1 Å². The van der Waals surface area contributed by atoms with Crippen molar-refractivity contribution in [3.8, 4) is 0 Å². The summed E-state index contributed by atoms with van der Waals surface area (Å²) in [5.41, 5.74) is 2.32. The van der Waals surface area contributed by atoms with Crippen LogP contribution in [0.2, 0.25) is 0 Å². The van der Waals surface area contributed by atoms with Gasteiger partial charge >= 0.3 is 0 Å². The van der Waals surface area contributed by atoms with E-state index in [0.29, 0.717) is 11.3 Å². The first-order valence-corrected chi connectivity index (χ1v) is 5.27. The molecule has 17 heavy (non-hydrogen) atoms. The molecular weight excluding hydrogens is 218 g/mol. The molecule has 1 aromatic carbocycles. The molecule has 0 aliphatic rings. The van der Waals surface area contributed by atoms with Crippen LogP contribution in [-0.2, 0) is 4.79 Å². The van der Waals surface area contributed by atoms with E-state index in [9.17, 15) is 9.59 Å². The van der Waals surface area contributed by atoms with Gasteiger partial charge in [-0.3, -0.25) is 15.0 Å². The summed E-state index contributed by atoms with van der Waals surface area (Å²) in [4.78, 5) is 23.3. The summed E-state index contributed by atoms with van der Waals surface area (Å²) >= 11 is 0. The number of nitrogens with one attached hydrogen (secondary N) is 2. The summed E-state index contributed by atoms with van der Waals surface area (Å²) in [6.45, 7) is 5.40. The number of anilines is 1. The lowest BCUT2D eigenvalue weighted by Crippen LogP contribution is -2.32. The number of nitrogen functional groups attached to an aromatic ring is 1. The van der Waals surface area contributed by atoms with E-state index in [1.54, 1.807) is 45.0 Å². The Kier molecular flexibility index (Phi) is 3.85. The van der Waals surface area contributed by atoms with E-state index in [-0.39, 0.29) is 5.91 Å². The van der Waals surface area contributed by atoms with Crippen LogP contribution in [0, 0.1) is 5.41 Å². The molecule has 4 N–H and O–H groups in total. The maximum Gasteiger partial charge on any atom is 0.267 e. The molecule has 0 bridgehead atoms. The molecule has 0 aliphatic carbocycles. The number of carbonyl (C=O) groups excluding carboxylic acids is 2. The lowest BCUT2D eigenvalue weighted by Gasteiger charge is -2.18. The van der Waals surface area contributed by atoms with Crippen LogP contribution in [0.3, 0.4) is 0 Å². The van der Waals surface area contributed by atoms with Gasteiger partial charge in [0.25, 0.3) is 5.91 Å². The van der Waals surface area contributed by atoms with Gasteiger partial charge < -0.3 is 5.32 Å². The van der Waals surface area contributed by atoms with Crippen molar-refractivity contribution in [2.75, 3.05) is 5.32 Å². The zero-order chi connectivity index (χ0) is 13.1. The van der Waals surface area contributed by atoms with Gasteiger partial charge in [-0.1, -0.05) is 32.9 Å². The molecular formula is C12H17N3O2. The lowest BCUT2D eigenvalue weighted by molar-refractivity contribution is -0.123. The molecule has 0 radical (unpaired) electrons. The monoisotopic (exact) mass is 235 g/mol. The Bertz CT molecular complexity index is 436. The first-order valence-electron chi connectivity index (χ1n) is 5.27. The Morgan fingerprint density at radius 2 is 1.76 bits per heavy atom. The fraction of sp³-hybridized carbons (Fsp3) is 0.333. The predicted octanol–water partition coefficient (Wildman–Crippen LogP) is 1.27. The van der Waals surface area contributed by atoms with Gasteiger partial charge in [-0.25, -0.2) is 5.84 Å². The minimum Gasteiger partial charge on any atom is -0.325 e. The number of hydrogen-bond donors (Lipinski definition) is 3. The second-order valence-electron chi connectivity index (χ2n) is 4.72. The van der Waals surface area contributed by atoms with E-state index in [1.807, 2.05) is 5.43 Å². The minimum atomic E-state index is -0.522. The number of benzene rings is 1. The number of nitrogens with two attached hydrogens (primary N) is 1. The highest BCUT2D eigenvalue weighted by molar-refractivity contribution is 6.04. The Morgan fingerprint density at radius 3 is 2.29 bits per heavy atom. The van der Waals surface area contributed by atoms with Crippen LogP contribution in [0.25, 0.3) is 0 Å². The highest BCUT2D eigenvalue weighted by Gasteiger charge is 2.22. The quantitative estimate of drug-likeness (QED) is 0.410. The standard InChI is InChI=1S/C12H17N3O2/c1-12(2,3)11(17)14-9-7-5-4-6-8(9)10(16)15-13/h4-7H,13H2,1-3H3,(H,14,17)(H,15,16). The summed E-state index contributed by atoms with van der Waals surface area (Å²) in [5.74, 6) is 4.48. The number of amides is 2. The van der Waals surface area contributed by atoms with Crippen LogP contribution in [0.15, 0.2) is 24.3 Å². The van der Waals surface area contributed by atoms with Crippen LogP contribution in [-0.4, -0.2) is 11.8 Å². The number of carbonyl (C=O) groups is 2. The number of para-hydroxylation sites is 1. The maximum absolute atomic E-state index is 11.8. The van der Waals surface area contributed by atoms with Crippen molar-refractivity contribution < 1.29 is 9.59 Å². The maximum atomic E-state index is 11.8. The third-order valence-corrected chi connectivity index (χ3v) is 2.23. The van der Waals surface area contributed by atoms with Gasteiger partial charge in [-0.15, -0.1) is 0 Å². The van der Waals surface area contributed by atoms with Crippen molar-refractivity contribution in [3.63, 3.8) is 0 Å². The molecule has 2 amide bonds. The van der Waals surface area contributed by atoms with Gasteiger partial charge in [0.1, 0.15) is 0 Å². The molecule has 0 fully saturated rings. The number of hydrogen-bond acceptors (Lipinski definition) is 3. The highest BCUT2D eigenvalue weighted by atomic mass is 16.2. The zero-order valence-electron chi connectivity index (χ0n) is 10.2. The Morgan fingerprint density at radius 1 is 1.18 bits per heavy atom. The van der Waals surface area contributed by atoms with Crippen molar-refractivity contribution in [1.29, 1.82) is 0 Å². The fourth-order valence-corrected chi connectivity index (χ4v) is 1.18. The zero-order valence-corrected chi connectivity index (χ0v) is 10.2. The molecule has 0 saturated heterocycles. The molecule has 0 saturated carbocycles. The Labute approximate surface area is 100 Å². The second-order valence-corrected chi connectivity index (χ2v) is 4.72. The first kappa shape index (κ1) is 13.2. The van der Waals surface area contributed by atoms with E-state index in [1.165, 1.54) is 0 Å². The fourth-order valence-electron chi connectivity index (χ4n) is 1.18. The molecule has 0 spiro atoms. The average Bonchev–Trinajstić information content (AvgIpc) is 2.27. The van der Waals surface area contributed by atoms with Crippen LogP contribution in [0.4, 0.5) is 5.69 Å². The summed E-state index contributed by atoms with van der Waals surface area (Å²) < 4.78 is 0. The minimum absolute atomic E-state index is 0.158. The molecule has 5 heteroatoms. The van der Waals surface area contributed by atoms with Crippen molar-refractivity contribution in [1.82, 2.24) is 5.43 Å². The molecule has 0 aromatic heterocycles. The van der Waals surface area contributed by atoms with Crippen LogP contribution < -0.4 is 16.6 Å². The van der Waals surface area contributed by atoms with Crippen LogP contribution in [0.5, 0.6) is 0 Å². The van der Waals surface area contributed by atoms with Gasteiger partial charge in [-0.05, 0) is 12.1 Å². The molecule has 0 unspecified atom stereocenters. The van der Waals surface area contributed by atoms with Gasteiger partial charge in [-0.2, -0.15) is 0 Å². The van der Waals surface area contributed by atoms with Crippen molar-refractivity contribution >= 4 is 17.5 Å². The summed E-state index contributed by atoms with van der Waals surface area (Å²) in [7, 11) is 0. The van der Waals surface area contributed by atoms with Gasteiger partial charge in [0.2, 0.25) is 5.91 Å². The molecule has 0 heterocycles. The predicted molar refractivity (Wildman–Crippen MR) is 66.2 cm³/mol. The van der Waals surface area contributed by atoms with E-state index < -0.39 is 11.3 Å². The summed E-state index contributed by atoms with van der Waals surface area (Å²) in [6, 6.07) is 6.71. The SMILES string of the molecule is CC(C)(C)C(=O)Nc1ccccc1C(=O)NN. The largest absolute Gasteiger partial charge is 0.325 e. The summed E-state index contributed by atoms with van der Waals surface area (Å²) in [6.07, 6.45) is 0. The van der Waals surface area contributed by atoms with E-state index in [0.717, 1.165) is 0 Å². The van der Waals surface area contributed by atoms with Crippen molar-refractivity contribution in [2.24, 2.45) is 11.3 Å². The van der Waals surface area contributed by atoms with Gasteiger partial charge in [0.15, 0.2) is 0 Å². The smallest absolute Gasteiger partial charge is 0.267 e. The van der Waals surface area contributed by atoms with Gasteiger partial charge in [0.05, 0.1) is 11.3 Å². The van der Waals surface area contributed by atoms with Crippen LogP contribution >= 0.6 is 0 Å². The Hall–Kier alpha value is -1.88. The van der Waals surface area contributed by atoms with Crippen molar-refractivity contribution in [3.05, 3.63) is 29.8 Å². The molecule has 1 aromatic rings. The van der Waals surface area contributed by atoms with Gasteiger partial charge in [0, 0.05) is 5.41 Å². The molecule has 0 aliphatic heterocycles. The molecule has 1 rings (SSSR count). The molecule has 92 valence electrons. The van der Waals surface area contributed by atoms with E-state index >= 15 is 0 Å². The number of hydrazine groups is 1. The molecule has 5 nitrogen and oxygen atoms in total. The van der Waals surface area contributed by atoms with Crippen molar-refractivity contribution in [2.45, 2.75) is 20.8 Å². The lowest BCUT2D eigenvalue weighted by atomic mass is 9.95.